The van der Waals surface area contributed by atoms with Crippen LogP contribution < -0.4 is 11.1 Å². The Kier molecular flexibility index (Phi) is 6.46. The third-order valence-corrected chi connectivity index (χ3v) is 1.94. The molecule has 3 amide bonds. The number of nitrogens with one attached hydrogen (secondary N) is 1. The summed E-state index contributed by atoms with van der Waals surface area (Å²) in [5.74, 6) is -1.62. The molecule has 4 N–H and O–H groups in total. The largest absolute Gasteiger partial charge is 0.481 e. The lowest BCUT2D eigenvalue weighted by Gasteiger charge is -2.19. The molecular weight excluding hydrogens is 230 g/mol. The van der Waals surface area contributed by atoms with Gasteiger partial charge in [0.25, 0.3) is 0 Å². The van der Waals surface area contributed by atoms with E-state index >= 15 is 0 Å². The minimum absolute atomic E-state index is 0.0244. The lowest BCUT2D eigenvalue weighted by Crippen LogP contribution is -2.42. The smallest absolute Gasteiger partial charge is 0.404 e. The van der Waals surface area contributed by atoms with E-state index in [0.29, 0.717) is 0 Å². The standard InChI is InChI=1S/C9H17N3O5/c1-6(7(13)14)5-12(2)9(16)11-3-4-17-8(10)15/h6H,3-5H2,1-2H3,(H2,10,15)(H,11,16)(H,13,14). The third kappa shape index (κ3) is 6.98. The van der Waals surface area contributed by atoms with E-state index < -0.39 is 24.0 Å². The van der Waals surface area contributed by atoms with Crippen LogP contribution in [-0.2, 0) is 9.53 Å². The van der Waals surface area contributed by atoms with Gasteiger partial charge < -0.3 is 25.8 Å². The average molecular weight is 247 g/mol. The Hall–Kier alpha value is -1.99. The number of urea groups is 1. The van der Waals surface area contributed by atoms with Crippen molar-refractivity contribution in [3.63, 3.8) is 0 Å². The van der Waals surface area contributed by atoms with Gasteiger partial charge in [0.2, 0.25) is 0 Å². The molecule has 17 heavy (non-hydrogen) atoms. The minimum atomic E-state index is -0.971. The molecule has 0 bridgehead atoms. The van der Waals surface area contributed by atoms with Gasteiger partial charge in [0.05, 0.1) is 12.5 Å². The van der Waals surface area contributed by atoms with Crippen LogP contribution in [0.4, 0.5) is 9.59 Å². The van der Waals surface area contributed by atoms with Crippen molar-refractivity contribution < 1.29 is 24.2 Å². The van der Waals surface area contributed by atoms with Gasteiger partial charge in [-0.05, 0) is 0 Å². The maximum atomic E-state index is 11.4. The summed E-state index contributed by atoms with van der Waals surface area (Å²) in [6.45, 7) is 1.69. The van der Waals surface area contributed by atoms with Crippen LogP contribution in [0.5, 0.6) is 0 Å². The molecule has 1 unspecified atom stereocenters. The summed E-state index contributed by atoms with van der Waals surface area (Å²) in [4.78, 5) is 33.4. The molecule has 0 heterocycles. The molecule has 8 heteroatoms. The highest BCUT2D eigenvalue weighted by atomic mass is 16.5. The van der Waals surface area contributed by atoms with Gasteiger partial charge in [-0.3, -0.25) is 4.79 Å². The highest BCUT2D eigenvalue weighted by molar-refractivity contribution is 5.75. The number of carbonyl (C=O) groups is 3. The SMILES string of the molecule is CC(CN(C)C(=O)NCCOC(N)=O)C(=O)O. The van der Waals surface area contributed by atoms with Crippen LogP contribution in [0.2, 0.25) is 0 Å². The van der Waals surface area contributed by atoms with Crippen molar-refractivity contribution in [2.45, 2.75) is 6.92 Å². The molecule has 0 aliphatic rings. The van der Waals surface area contributed by atoms with Gasteiger partial charge in [0.1, 0.15) is 6.61 Å². The highest BCUT2D eigenvalue weighted by Gasteiger charge is 2.16. The predicted molar refractivity (Wildman–Crippen MR) is 58.4 cm³/mol. The van der Waals surface area contributed by atoms with E-state index in [1.54, 1.807) is 0 Å². The number of hydrogen-bond donors (Lipinski definition) is 3. The zero-order valence-corrected chi connectivity index (χ0v) is 9.80. The average Bonchev–Trinajstić information content (AvgIpc) is 2.23. The number of carbonyl (C=O) groups excluding carboxylic acids is 2. The number of carboxylic acid groups (broad SMARTS) is 1. The van der Waals surface area contributed by atoms with Gasteiger partial charge in [-0.2, -0.15) is 0 Å². The quantitative estimate of drug-likeness (QED) is 0.543. The number of rotatable bonds is 6. The van der Waals surface area contributed by atoms with Crippen molar-refractivity contribution in [3.05, 3.63) is 0 Å². The van der Waals surface area contributed by atoms with Crippen molar-refractivity contribution in [1.29, 1.82) is 0 Å². The predicted octanol–water partition coefficient (Wildman–Crippen LogP) is -0.556. The van der Waals surface area contributed by atoms with Gasteiger partial charge in [0, 0.05) is 13.6 Å². The molecule has 0 aliphatic carbocycles. The fourth-order valence-corrected chi connectivity index (χ4v) is 1.02. The molecule has 0 aromatic rings. The first-order valence-corrected chi connectivity index (χ1v) is 4.98. The van der Waals surface area contributed by atoms with E-state index in [1.165, 1.54) is 18.9 Å². The zero-order chi connectivity index (χ0) is 13.4. The molecule has 0 radical (unpaired) electrons. The first kappa shape index (κ1) is 15.0. The molecular formula is C9H17N3O5. The van der Waals surface area contributed by atoms with Crippen molar-refractivity contribution >= 4 is 18.1 Å². The van der Waals surface area contributed by atoms with Crippen molar-refractivity contribution in [2.24, 2.45) is 11.7 Å². The van der Waals surface area contributed by atoms with Crippen LogP contribution in [-0.4, -0.2) is 54.8 Å². The summed E-state index contributed by atoms with van der Waals surface area (Å²) in [6.07, 6.45) is -0.910. The van der Waals surface area contributed by atoms with Gasteiger partial charge in [-0.15, -0.1) is 0 Å². The van der Waals surface area contributed by atoms with E-state index in [9.17, 15) is 14.4 Å². The Morgan fingerprint density at radius 1 is 1.47 bits per heavy atom. The summed E-state index contributed by atoms with van der Waals surface area (Å²) in [7, 11) is 1.48. The molecule has 1 atom stereocenters. The second-order valence-corrected chi connectivity index (χ2v) is 3.52. The summed E-state index contributed by atoms with van der Waals surface area (Å²) in [5.41, 5.74) is 4.72. The molecule has 0 rings (SSSR count). The number of ether oxygens (including phenoxy) is 1. The highest BCUT2D eigenvalue weighted by Crippen LogP contribution is 1.98. The van der Waals surface area contributed by atoms with E-state index in [2.05, 4.69) is 10.1 Å². The van der Waals surface area contributed by atoms with Gasteiger partial charge >= 0.3 is 18.1 Å². The van der Waals surface area contributed by atoms with Crippen molar-refractivity contribution in [3.8, 4) is 0 Å². The number of hydrogen-bond acceptors (Lipinski definition) is 4. The van der Waals surface area contributed by atoms with Crippen LogP contribution in [0.3, 0.4) is 0 Å². The molecule has 0 saturated heterocycles. The molecule has 0 spiro atoms. The monoisotopic (exact) mass is 247 g/mol. The lowest BCUT2D eigenvalue weighted by atomic mass is 10.2. The molecule has 98 valence electrons. The van der Waals surface area contributed by atoms with Gasteiger partial charge in [-0.1, -0.05) is 6.92 Å². The zero-order valence-electron chi connectivity index (χ0n) is 9.80. The van der Waals surface area contributed by atoms with Gasteiger partial charge in [0.15, 0.2) is 0 Å². The molecule has 0 aromatic carbocycles. The maximum absolute atomic E-state index is 11.4. The van der Waals surface area contributed by atoms with Gasteiger partial charge in [-0.25, -0.2) is 9.59 Å². The fraction of sp³-hybridized carbons (Fsp3) is 0.667. The molecule has 0 aliphatic heterocycles. The Bertz CT molecular complexity index is 294. The van der Waals surface area contributed by atoms with E-state index in [4.69, 9.17) is 10.8 Å². The second-order valence-electron chi connectivity index (χ2n) is 3.52. The Morgan fingerprint density at radius 3 is 2.53 bits per heavy atom. The number of amides is 3. The van der Waals surface area contributed by atoms with Crippen LogP contribution in [0.15, 0.2) is 0 Å². The molecule has 0 fully saturated rings. The minimum Gasteiger partial charge on any atom is -0.481 e. The summed E-state index contributed by atoms with van der Waals surface area (Å²) in [6, 6.07) is -0.439. The fourth-order valence-electron chi connectivity index (χ4n) is 1.02. The summed E-state index contributed by atoms with van der Waals surface area (Å²) < 4.78 is 4.40. The first-order chi connectivity index (χ1) is 7.84. The molecule has 0 aromatic heterocycles. The second kappa shape index (κ2) is 7.31. The number of nitrogens with two attached hydrogens (primary N) is 1. The normalized spacial score (nSPS) is 11.4. The van der Waals surface area contributed by atoms with Crippen LogP contribution in [0, 0.1) is 5.92 Å². The number of carboxylic acids is 1. The third-order valence-electron chi connectivity index (χ3n) is 1.94. The molecule has 0 saturated carbocycles. The Labute approximate surface area is 98.7 Å². The number of primary amides is 1. The van der Waals surface area contributed by atoms with Crippen molar-refractivity contribution in [1.82, 2.24) is 10.2 Å². The van der Waals surface area contributed by atoms with Crippen molar-refractivity contribution in [2.75, 3.05) is 26.7 Å². The first-order valence-electron chi connectivity index (χ1n) is 4.98. The topological polar surface area (TPSA) is 122 Å². The molecule has 8 nitrogen and oxygen atoms in total. The van der Waals surface area contributed by atoms with E-state index in [1.807, 2.05) is 0 Å². The lowest BCUT2D eigenvalue weighted by molar-refractivity contribution is -0.141. The number of nitrogens with zero attached hydrogens (tertiary/aromatic N) is 1. The Morgan fingerprint density at radius 2 is 2.06 bits per heavy atom. The van der Waals surface area contributed by atoms with Crippen LogP contribution in [0.1, 0.15) is 6.92 Å². The number of aliphatic carboxylic acids is 1. The maximum Gasteiger partial charge on any atom is 0.404 e. The van der Waals surface area contributed by atoms with Crippen LogP contribution in [0.25, 0.3) is 0 Å². The van der Waals surface area contributed by atoms with Crippen LogP contribution >= 0.6 is 0 Å². The summed E-state index contributed by atoms with van der Waals surface area (Å²) >= 11 is 0. The van der Waals surface area contributed by atoms with E-state index in [0.717, 1.165) is 0 Å². The Balaban J connectivity index is 3.82. The summed E-state index contributed by atoms with van der Waals surface area (Å²) in [5, 5.41) is 11.1. The van der Waals surface area contributed by atoms with E-state index in [-0.39, 0.29) is 19.7 Å².